The molecule has 0 N–H and O–H groups in total. The van der Waals surface area contributed by atoms with E-state index in [-0.39, 0.29) is 0 Å². The zero-order valence-corrected chi connectivity index (χ0v) is 21.5. The number of rotatable bonds is 10. The molecule has 0 aliphatic heterocycles. The van der Waals surface area contributed by atoms with Crippen molar-refractivity contribution in [1.82, 2.24) is 0 Å². The van der Waals surface area contributed by atoms with Crippen LogP contribution in [0.3, 0.4) is 0 Å². The van der Waals surface area contributed by atoms with Gasteiger partial charge in [-0.1, -0.05) is 152 Å². The molecule has 1 aliphatic carbocycles. The maximum atomic E-state index is 2.46. The van der Waals surface area contributed by atoms with Crippen LogP contribution in [0, 0.1) is 0 Å². The molecule has 0 radical (unpaired) electrons. The Bertz CT molecular complexity index is 1260. The van der Waals surface area contributed by atoms with Crippen molar-refractivity contribution >= 4 is 0 Å². The van der Waals surface area contributed by atoms with Crippen LogP contribution < -0.4 is 0 Å². The summed E-state index contributed by atoms with van der Waals surface area (Å²) in [5.74, 6) is 1.26. The third kappa shape index (κ3) is 6.86. The van der Waals surface area contributed by atoms with Gasteiger partial charge in [0.15, 0.2) is 0 Å². The molecular weight excluding hydrogens is 444 g/mol. The Hall–Kier alpha value is -3.90. The molecule has 0 saturated heterocycles. The molecule has 0 saturated carbocycles. The van der Waals surface area contributed by atoms with Gasteiger partial charge in [0.05, 0.1) is 0 Å². The third-order valence-corrected chi connectivity index (χ3v) is 7.61. The molecule has 2 unspecified atom stereocenters. The lowest BCUT2D eigenvalue weighted by Gasteiger charge is -2.28. The summed E-state index contributed by atoms with van der Waals surface area (Å²) in [7, 11) is 0. The van der Waals surface area contributed by atoms with Crippen molar-refractivity contribution in [2.45, 2.75) is 43.4 Å². The average molecular weight is 481 g/mol. The van der Waals surface area contributed by atoms with Gasteiger partial charge in [-0.15, -0.1) is 0 Å². The van der Waals surface area contributed by atoms with Crippen molar-refractivity contribution in [1.29, 1.82) is 0 Å². The van der Waals surface area contributed by atoms with E-state index < -0.39 is 0 Å². The summed E-state index contributed by atoms with van der Waals surface area (Å²) in [5, 5.41) is 0. The number of allylic oxidation sites excluding steroid dienone is 6. The third-order valence-electron chi connectivity index (χ3n) is 7.61. The number of benzene rings is 4. The van der Waals surface area contributed by atoms with Gasteiger partial charge in [-0.25, -0.2) is 0 Å². The minimum absolute atomic E-state index is 0.355. The Morgan fingerprint density at radius 2 is 1.00 bits per heavy atom. The second-order valence-electron chi connectivity index (χ2n) is 10.1. The first-order chi connectivity index (χ1) is 18.4. The van der Waals surface area contributed by atoms with Gasteiger partial charge in [0, 0.05) is 5.92 Å². The Balaban J connectivity index is 1.49. The fourth-order valence-corrected chi connectivity index (χ4v) is 5.63. The minimum atomic E-state index is 0.355. The Kier molecular flexibility index (Phi) is 8.62. The van der Waals surface area contributed by atoms with Crippen LogP contribution in [0.15, 0.2) is 157 Å². The van der Waals surface area contributed by atoms with Gasteiger partial charge in [-0.05, 0) is 65.3 Å². The Labute approximate surface area is 222 Å². The zero-order valence-electron chi connectivity index (χ0n) is 21.5. The van der Waals surface area contributed by atoms with Crippen molar-refractivity contribution in [3.05, 3.63) is 180 Å². The molecule has 0 heterocycles. The lowest BCUT2D eigenvalue weighted by molar-refractivity contribution is 0.485. The topological polar surface area (TPSA) is 0 Å². The van der Waals surface area contributed by atoms with E-state index >= 15 is 0 Å². The van der Waals surface area contributed by atoms with Gasteiger partial charge in [-0.3, -0.25) is 0 Å². The van der Waals surface area contributed by atoms with E-state index in [1.54, 1.807) is 0 Å². The van der Waals surface area contributed by atoms with Gasteiger partial charge >= 0.3 is 0 Å². The van der Waals surface area contributed by atoms with E-state index in [1.165, 1.54) is 27.8 Å². The average Bonchev–Trinajstić information content (AvgIpc) is 2.99. The summed E-state index contributed by atoms with van der Waals surface area (Å²) in [6.07, 6.45) is 15.6. The van der Waals surface area contributed by atoms with Crippen molar-refractivity contribution in [3.63, 3.8) is 0 Å². The first-order valence-electron chi connectivity index (χ1n) is 13.6. The van der Waals surface area contributed by atoms with Crippen molar-refractivity contribution < 1.29 is 0 Å². The number of hydrogen-bond donors (Lipinski definition) is 0. The summed E-state index contributed by atoms with van der Waals surface area (Å²) < 4.78 is 0. The molecule has 5 rings (SSSR count). The quantitative estimate of drug-likeness (QED) is 0.212. The molecule has 0 fully saturated rings. The first-order valence-corrected chi connectivity index (χ1v) is 13.6. The van der Waals surface area contributed by atoms with Gasteiger partial charge in [0.25, 0.3) is 0 Å². The second kappa shape index (κ2) is 12.9. The van der Waals surface area contributed by atoms with Crippen molar-refractivity contribution in [2.24, 2.45) is 0 Å². The molecule has 0 bridgehead atoms. The monoisotopic (exact) mass is 480 g/mol. The van der Waals surface area contributed by atoms with Gasteiger partial charge in [-0.2, -0.15) is 0 Å². The Morgan fingerprint density at radius 1 is 0.514 bits per heavy atom. The van der Waals surface area contributed by atoms with Gasteiger partial charge < -0.3 is 0 Å². The molecular formula is C37H36. The molecule has 37 heavy (non-hydrogen) atoms. The van der Waals surface area contributed by atoms with E-state index in [1.807, 2.05) is 0 Å². The molecule has 0 heteroatoms. The predicted molar refractivity (Wildman–Crippen MR) is 158 cm³/mol. The van der Waals surface area contributed by atoms with Crippen LogP contribution in [0.25, 0.3) is 0 Å². The van der Waals surface area contributed by atoms with Gasteiger partial charge in [0.1, 0.15) is 0 Å². The summed E-state index contributed by atoms with van der Waals surface area (Å²) in [4.78, 5) is 0. The van der Waals surface area contributed by atoms with Gasteiger partial charge in [0.2, 0.25) is 0 Å². The van der Waals surface area contributed by atoms with E-state index in [0.717, 1.165) is 25.7 Å². The van der Waals surface area contributed by atoms with Crippen LogP contribution in [0.5, 0.6) is 0 Å². The van der Waals surface area contributed by atoms with E-state index in [4.69, 9.17) is 0 Å². The van der Waals surface area contributed by atoms with Crippen LogP contribution in [0.2, 0.25) is 0 Å². The summed E-state index contributed by atoms with van der Waals surface area (Å²) in [6, 6.07) is 44.4. The van der Waals surface area contributed by atoms with Crippen LogP contribution in [-0.2, 0) is 0 Å². The van der Waals surface area contributed by atoms with E-state index in [0.29, 0.717) is 17.8 Å². The fraction of sp³-hybridized carbons (Fsp3) is 0.189. The Morgan fingerprint density at radius 3 is 1.49 bits per heavy atom. The lowest BCUT2D eigenvalue weighted by Crippen LogP contribution is -2.12. The van der Waals surface area contributed by atoms with Crippen LogP contribution in [-0.4, -0.2) is 0 Å². The first kappa shape index (κ1) is 24.8. The summed E-state index contributed by atoms with van der Waals surface area (Å²) in [5.41, 5.74) is 7.09. The van der Waals surface area contributed by atoms with Crippen LogP contribution >= 0.6 is 0 Å². The summed E-state index contributed by atoms with van der Waals surface area (Å²) in [6.45, 7) is 0. The smallest absolute Gasteiger partial charge is 0.00951 e. The molecule has 0 nitrogen and oxygen atoms in total. The normalized spacial score (nSPS) is 15.6. The highest BCUT2D eigenvalue weighted by atomic mass is 14.3. The molecule has 2 atom stereocenters. The maximum absolute atomic E-state index is 2.46. The fourth-order valence-electron chi connectivity index (χ4n) is 5.63. The molecule has 0 aromatic heterocycles. The maximum Gasteiger partial charge on any atom is 0.00951 e. The van der Waals surface area contributed by atoms with E-state index in [9.17, 15) is 0 Å². The predicted octanol–water partition coefficient (Wildman–Crippen LogP) is 10.00. The molecule has 0 amide bonds. The standard InChI is InChI=1S/C37H36/c1-6-16-30(17-7-1)26-27-35(31-18-8-2-9-19-31)28-36(32-20-10-3-11-21-32)29-37(33-22-12-4-13-23-33)34-24-14-5-15-25-34/h1-16,18-26,35-37H,17,27-29H2/b30-26+. The number of hydrogen-bond acceptors (Lipinski definition) is 0. The highest BCUT2D eigenvalue weighted by Crippen LogP contribution is 2.41. The summed E-state index contributed by atoms with van der Waals surface area (Å²) >= 11 is 0. The molecule has 4 aromatic carbocycles. The lowest BCUT2D eigenvalue weighted by atomic mass is 9.76. The molecule has 0 spiro atoms. The van der Waals surface area contributed by atoms with Crippen molar-refractivity contribution in [2.75, 3.05) is 0 Å². The molecule has 4 aromatic rings. The van der Waals surface area contributed by atoms with Crippen LogP contribution in [0.4, 0.5) is 0 Å². The SMILES string of the molecule is C1=CC/C(=C/CC(CC(CC(c2ccccc2)c2ccccc2)c2ccccc2)c2ccccc2)C=C1. The van der Waals surface area contributed by atoms with Crippen molar-refractivity contribution in [3.8, 4) is 0 Å². The highest BCUT2D eigenvalue weighted by Gasteiger charge is 2.25. The molecule has 1 aliphatic rings. The second-order valence-corrected chi connectivity index (χ2v) is 10.1. The zero-order chi connectivity index (χ0) is 25.1. The van der Waals surface area contributed by atoms with E-state index in [2.05, 4.69) is 152 Å². The highest BCUT2D eigenvalue weighted by molar-refractivity contribution is 5.35. The van der Waals surface area contributed by atoms with Crippen LogP contribution in [0.1, 0.15) is 65.7 Å². The molecule has 184 valence electrons. The largest absolute Gasteiger partial charge is 0.0804 e. The minimum Gasteiger partial charge on any atom is -0.0804 e.